The van der Waals surface area contributed by atoms with Gasteiger partial charge in [-0.1, -0.05) is 6.92 Å². The van der Waals surface area contributed by atoms with E-state index in [1.807, 2.05) is 9.47 Å². The maximum absolute atomic E-state index is 13.4. The van der Waals surface area contributed by atoms with Crippen LogP contribution in [0.5, 0.6) is 0 Å². The lowest BCUT2D eigenvalue weighted by Gasteiger charge is -2.32. The number of aromatic nitrogens is 4. The zero-order valence-corrected chi connectivity index (χ0v) is 18.6. The van der Waals surface area contributed by atoms with Gasteiger partial charge < -0.3 is 4.90 Å². The van der Waals surface area contributed by atoms with E-state index in [0.29, 0.717) is 24.7 Å². The Morgan fingerprint density at radius 3 is 2.84 bits per heavy atom. The summed E-state index contributed by atoms with van der Waals surface area (Å²) in [5, 5.41) is 8.19. The zero-order valence-electron chi connectivity index (χ0n) is 17.8. The molecule has 0 unspecified atom stereocenters. The van der Waals surface area contributed by atoms with E-state index in [0.717, 1.165) is 72.8 Å². The number of thiophene rings is 1. The molecular weight excluding hydrogens is 410 g/mol. The summed E-state index contributed by atoms with van der Waals surface area (Å²) in [6, 6.07) is 0.0939. The van der Waals surface area contributed by atoms with Crippen molar-refractivity contribution in [3.05, 3.63) is 44.1 Å². The van der Waals surface area contributed by atoms with E-state index in [-0.39, 0.29) is 17.5 Å². The molecule has 0 bridgehead atoms. The molecule has 0 spiro atoms. The number of H-pyrrole nitrogens is 1. The first-order valence-corrected chi connectivity index (χ1v) is 12.3. The van der Waals surface area contributed by atoms with Gasteiger partial charge in [0.2, 0.25) is 0 Å². The van der Waals surface area contributed by atoms with Crippen LogP contribution < -0.4 is 5.56 Å². The van der Waals surface area contributed by atoms with Gasteiger partial charge in [-0.25, -0.2) is 4.98 Å². The minimum atomic E-state index is 0.0276. The molecule has 8 heteroatoms. The lowest BCUT2D eigenvalue weighted by atomic mass is 9.89. The van der Waals surface area contributed by atoms with E-state index in [4.69, 9.17) is 0 Å². The van der Waals surface area contributed by atoms with Crippen molar-refractivity contribution in [1.82, 2.24) is 24.6 Å². The fourth-order valence-corrected chi connectivity index (χ4v) is 6.94. The second kappa shape index (κ2) is 7.29. The first-order chi connectivity index (χ1) is 15.1. The molecular formula is C23H27N5O2S. The normalized spacial score (nSPS) is 21.5. The molecule has 1 N–H and O–H groups in total. The van der Waals surface area contributed by atoms with Crippen LogP contribution in [0.1, 0.15) is 70.8 Å². The molecule has 3 aromatic rings. The number of aromatic amines is 1. The number of carbonyl (C=O) groups excluding carboxylic acids is 1. The van der Waals surface area contributed by atoms with E-state index in [1.54, 1.807) is 17.7 Å². The van der Waals surface area contributed by atoms with Crippen LogP contribution in [-0.4, -0.2) is 43.6 Å². The van der Waals surface area contributed by atoms with Crippen LogP contribution in [-0.2, 0) is 25.7 Å². The molecule has 1 fully saturated rings. The van der Waals surface area contributed by atoms with E-state index < -0.39 is 0 Å². The number of rotatable bonds is 2. The molecule has 6 rings (SSSR count). The maximum atomic E-state index is 13.4. The topological polar surface area (TPSA) is 83.9 Å². The van der Waals surface area contributed by atoms with Crippen LogP contribution in [0.15, 0.2) is 11.1 Å². The standard InChI is InChI=1S/C23H27N5O2S/c1-13-5-6-16-18(11-13)31-21-19(16)22(29)28(12-24-21)14-7-9-27(10-8-14)23(30)20-15-3-2-4-17(15)25-26-20/h12-14H,2-11H2,1H3,(H,25,26)/t13-/m0/s1. The lowest BCUT2D eigenvalue weighted by Crippen LogP contribution is -2.41. The van der Waals surface area contributed by atoms with Crippen LogP contribution in [0, 0.1) is 5.92 Å². The van der Waals surface area contributed by atoms with Crippen molar-refractivity contribution in [2.45, 2.75) is 64.3 Å². The van der Waals surface area contributed by atoms with Gasteiger partial charge in [0, 0.05) is 35.3 Å². The van der Waals surface area contributed by atoms with Gasteiger partial charge in [0.1, 0.15) is 4.83 Å². The predicted octanol–water partition coefficient (Wildman–Crippen LogP) is 3.27. The molecule has 3 aliphatic rings. The number of aryl methyl sites for hydroxylation is 2. The third kappa shape index (κ3) is 3.06. The Balaban J connectivity index is 1.23. The second-order valence-electron chi connectivity index (χ2n) is 9.40. The monoisotopic (exact) mass is 437 g/mol. The SMILES string of the molecule is C[C@H]1CCc2c(sc3ncn(C4CCN(C(=O)c5n[nH]c6c5CCC6)CC4)c(=O)c23)C1. The van der Waals surface area contributed by atoms with Crippen molar-refractivity contribution < 1.29 is 4.79 Å². The Bertz CT molecular complexity index is 1230. The van der Waals surface area contributed by atoms with Crippen molar-refractivity contribution in [2.75, 3.05) is 13.1 Å². The van der Waals surface area contributed by atoms with Crippen LogP contribution in [0.25, 0.3) is 10.2 Å². The number of likely N-dealkylation sites (tertiary alicyclic amines) is 1. The summed E-state index contributed by atoms with van der Waals surface area (Å²) >= 11 is 1.70. The van der Waals surface area contributed by atoms with Crippen LogP contribution >= 0.6 is 11.3 Å². The quantitative estimate of drug-likeness (QED) is 0.667. The highest BCUT2D eigenvalue weighted by Crippen LogP contribution is 2.36. The molecule has 31 heavy (non-hydrogen) atoms. The summed E-state index contributed by atoms with van der Waals surface area (Å²) in [6.45, 7) is 3.58. The van der Waals surface area contributed by atoms with E-state index in [1.165, 1.54) is 10.4 Å². The molecule has 7 nitrogen and oxygen atoms in total. The Hall–Kier alpha value is -2.48. The highest BCUT2D eigenvalue weighted by atomic mass is 32.1. The largest absolute Gasteiger partial charge is 0.337 e. The summed E-state index contributed by atoms with van der Waals surface area (Å²) < 4.78 is 1.83. The fourth-order valence-electron chi connectivity index (χ4n) is 5.60. The van der Waals surface area contributed by atoms with Crippen molar-refractivity contribution in [1.29, 1.82) is 0 Å². The van der Waals surface area contributed by atoms with Gasteiger partial charge >= 0.3 is 0 Å². The molecule has 0 radical (unpaired) electrons. The minimum Gasteiger partial charge on any atom is -0.337 e. The van der Waals surface area contributed by atoms with Gasteiger partial charge in [-0.05, 0) is 62.8 Å². The number of hydrogen-bond acceptors (Lipinski definition) is 5. The molecule has 0 aromatic carbocycles. The molecule has 1 atom stereocenters. The number of nitrogens with one attached hydrogen (secondary N) is 1. The summed E-state index contributed by atoms with van der Waals surface area (Å²) in [7, 11) is 0. The summed E-state index contributed by atoms with van der Waals surface area (Å²) in [6.07, 6.45) is 9.49. The first kappa shape index (κ1) is 19.2. The summed E-state index contributed by atoms with van der Waals surface area (Å²) in [5.41, 5.74) is 4.18. The molecule has 162 valence electrons. The van der Waals surface area contributed by atoms with Gasteiger partial charge in [0.25, 0.3) is 11.5 Å². The lowest BCUT2D eigenvalue weighted by molar-refractivity contribution is 0.0686. The molecule has 3 aromatic heterocycles. The van der Waals surface area contributed by atoms with Crippen LogP contribution in [0.4, 0.5) is 0 Å². The number of hydrogen-bond donors (Lipinski definition) is 1. The van der Waals surface area contributed by atoms with Crippen molar-refractivity contribution >= 4 is 27.5 Å². The van der Waals surface area contributed by atoms with Gasteiger partial charge in [0.05, 0.1) is 11.7 Å². The Labute approximate surface area is 184 Å². The Kier molecular flexibility index (Phi) is 4.52. The van der Waals surface area contributed by atoms with Gasteiger partial charge in [-0.2, -0.15) is 5.10 Å². The van der Waals surface area contributed by atoms with Crippen molar-refractivity contribution in [2.24, 2.45) is 5.92 Å². The number of nitrogens with zero attached hydrogens (tertiary/aromatic N) is 4. The minimum absolute atomic E-state index is 0.0276. The molecule has 4 heterocycles. The average Bonchev–Trinajstić information content (AvgIpc) is 3.47. The number of carbonyl (C=O) groups is 1. The zero-order chi connectivity index (χ0) is 21.1. The smallest absolute Gasteiger partial charge is 0.274 e. The molecule has 2 aliphatic carbocycles. The van der Waals surface area contributed by atoms with E-state index in [2.05, 4.69) is 22.1 Å². The van der Waals surface area contributed by atoms with Crippen molar-refractivity contribution in [3.8, 4) is 0 Å². The number of amides is 1. The molecule has 0 saturated carbocycles. The first-order valence-electron chi connectivity index (χ1n) is 11.5. The van der Waals surface area contributed by atoms with Gasteiger partial charge in [0.15, 0.2) is 5.69 Å². The van der Waals surface area contributed by atoms with E-state index in [9.17, 15) is 9.59 Å². The predicted molar refractivity (Wildman–Crippen MR) is 120 cm³/mol. The molecule has 1 amide bonds. The van der Waals surface area contributed by atoms with E-state index >= 15 is 0 Å². The van der Waals surface area contributed by atoms with Gasteiger partial charge in [-0.3, -0.25) is 19.3 Å². The Morgan fingerprint density at radius 2 is 2.00 bits per heavy atom. The molecule has 1 saturated heterocycles. The third-order valence-electron chi connectivity index (χ3n) is 7.39. The average molecular weight is 438 g/mol. The van der Waals surface area contributed by atoms with Gasteiger partial charge in [-0.15, -0.1) is 11.3 Å². The second-order valence-corrected chi connectivity index (χ2v) is 10.5. The highest BCUT2D eigenvalue weighted by Gasteiger charge is 2.31. The highest BCUT2D eigenvalue weighted by molar-refractivity contribution is 7.18. The summed E-state index contributed by atoms with van der Waals surface area (Å²) in [4.78, 5) is 35.2. The summed E-state index contributed by atoms with van der Waals surface area (Å²) in [5.74, 6) is 0.709. The number of fused-ring (bicyclic) bond motifs is 4. The fraction of sp³-hybridized carbons (Fsp3) is 0.565. The number of piperidine rings is 1. The maximum Gasteiger partial charge on any atom is 0.274 e. The molecule has 1 aliphatic heterocycles. The van der Waals surface area contributed by atoms with Crippen molar-refractivity contribution in [3.63, 3.8) is 0 Å². The Morgan fingerprint density at radius 1 is 1.16 bits per heavy atom. The van der Waals surface area contributed by atoms with Crippen LogP contribution in [0.3, 0.4) is 0 Å². The third-order valence-corrected chi connectivity index (χ3v) is 8.56. The van der Waals surface area contributed by atoms with Crippen LogP contribution in [0.2, 0.25) is 0 Å².